The molecule has 1 N–H and O–H groups in total. The molecule has 6 heteroatoms. The van der Waals surface area contributed by atoms with E-state index in [0.29, 0.717) is 10.0 Å². The van der Waals surface area contributed by atoms with Gasteiger partial charge in [-0.15, -0.1) is 0 Å². The summed E-state index contributed by atoms with van der Waals surface area (Å²) in [6, 6.07) is 4.92. The van der Waals surface area contributed by atoms with Crippen molar-refractivity contribution in [1.29, 1.82) is 0 Å². The highest BCUT2D eigenvalue weighted by Gasteiger charge is 2.26. The summed E-state index contributed by atoms with van der Waals surface area (Å²) in [5.74, 6) is 0. The lowest BCUT2D eigenvalue weighted by Gasteiger charge is -2.16. The van der Waals surface area contributed by atoms with Crippen molar-refractivity contribution < 1.29 is 13.2 Å². The van der Waals surface area contributed by atoms with Crippen LogP contribution < -0.4 is 5.32 Å². The van der Waals surface area contributed by atoms with Crippen molar-refractivity contribution in [2.45, 2.75) is 32.0 Å². The van der Waals surface area contributed by atoms with Gasteiger partial charge in [0.1, 0.15) is 0 Å². The van der Waals surface area contributed by atoms with Crippen molar-refractivity contribution in [2.75, 3.05) is 6.54 Å². The molecule has 102 valence electrons. The quantitative estimate of drug-likeness (QED) is 0.756. The SMILES string of the molecule is CC(NCCCC(F)(F)F)c1cc(Cl)ccc1Cl. The summed E-state index contributed by atoms with van der Waals surface area (Å²) in [5, 5.41) is 4.10. The molecule has 0 saturated heterocycles. The van der Waals surface area contributed by atoms with Crippen LogP contribution in [-0.4, -0.2) is 12.7 Å². The average Bonchev–Trinajstić information content (AvgIpc) is 2.26. The van der Waals surface area contributed by atoms with Crippen LogP contribution in [-0.2, 0) is 0 Å². The molecule has 1 nitrogen and oxygen atoms in total. The first-order chi connectivity index (χ1) is 8.29. The van der Waals surface area contributed by atoms with Gasteiger partial charge in [0.05, 0.1) is 0 Å². The first-order valence-electron chi connectivity index (χ1n) is 5.54. The Hall–Kier alpha value is -0.450. The molecule has 0 aliphatic rings. The number of hydrogen-bond donors (Lipinski definition) is 1. The maximum Gasteiger partial charge on any atom is 0.389 e. The minimum Gasteiger partial charge on any atom is -0.310 e. The van der Waals surface area contributed by atoms with Crippen molar-refractivity contribution >= 4 is 23.2 Å². The fourth-order valence-electron chi connectivity index (χ4n) is 1.56. The first-order valence-corrected chi connectivity index (χ1v) is 6.30. The van der Waals surface area contributed by atoms with Crippen molar-refractivity contribution in [2.24, 2.45) is 0 Å². The van der Waals surface area contributed by atoms with E-state index in [9.17, 15) is 13.2 Å². The highest BCUT2D eigenvalue weighted by molar-refractivity contribution is 6.33. The monoisotopic (exact) mass is 299 g/mol. The molecule has 1 unspecified atom stereocenters. The second-order valence-electron chi connectivity index (χ2n) is 4.06. The summed E-state index contributed by atoms with van der Waals surface area (Å²) in [7, 11) is 0. The average molecular weight is 300 g/mol. The lowest BCUT2D eigenvalue weighted by atomic mass is 10.1. The van der Waals surface area contributed by atoms with Gasteiger partial charge in [-0.2, -0.15) is 13.2 Å². The molecule has 0 spiro atoms. The van der Waals surface area contributed by atoms with Crippen molar-refractivity contribution in [3.8, 4) is 0 Å². The Morgan fingerprint density at radius 3 is 2.56 bits per heavy atom. The maximum atomic E-state index is 12.0. The highest BCUT2D eigenvalue weighted by Crippen LogP contribution is 2.26. The second kappa shape index (κ2) is 6.64. The zero-order valence-electron chi connectivity index (χ0n) is 9.82. The molecule has 1 aromatic carbocycles. The number of rotatable bonds is 5. The minimum atomic E-state index is -4.10. The van der Waals surface area contributed by atoms with E-state index in [1.807, 2.05) is 6.92 Å². The number of benzene rings is 1. The predicted octanol–water partition coefficient (Wildman–Crippen LogP) is 4.99. The topological polar surface area (TPSA) is 12.0 Å². The molecule has 0 aliphatic carbocycles. The molecule has 0 saturated carbocycles. The van der Waals surface area contributed by atoms with Crippen LogP contribution in [0, 0.1) is 0 Å². The van der Waals surface area contributed by atoms with Gasteiger partial charge >= 0.3 is 6.18 Å². The van der Waals surface area contributed by atoms with Gasteiger partial charge in [-0.1, -0.05) is 23.2 Å². The summed E-state index contributed by atoms with van der Waals surface area (Å²) in [4.78, 5) is 0. The van der Waals surface area contributed by atoms with Crippen LogP contribution in [0.3, 0.4) is 0 Å². The zero-order valence-corrected chi connectivity index (χ0v) is 11.3. The van der Waals surface area contributed by atoms with Crippen LogP contribution in [0.1, 0.15) is 31.4 Å². The number of hydrogen-bond acceptors (Lipinski definition) is 1. The minimum absolute atomic E-state index is 0.0476. The standard InChI is InChI=1S/C12H14Cl2F3N/c1-8(18-6-2-5-12(15,16)17)10-7-9(13)3-4-11(10)14/h3-4,7-8,18H,2,5-6H2,1H3. The van der Waals surface area contributed by atoms with E-state index >= 15 is 0 Å². The molecule has 0 bridgehead atoms. The van der Waals surface area contributed by atoms with Crippen LogP contribution in [0.25, 0.3) is 0 Å². The van der Waals surface area contributed by atoms with E-state index in [2.05, 4.69) is 5.32 Å². The Kier molecular flexibility index (Phi) is 5.76. The molecule has 0 aromatic heterocycles. The molecule has 18 heavy (non-hydrogen) atoms. The van der Waals surface area contributed by atoms with E-state index in [0.717, 1.165) is 5.56 Å². The Balaban J connectivity index is 2.45. The van der Waals surface area contributed by atoms with Crippen LogP contribution in [0.5, 0.6) is 0 Å². The Morgan fingerprint density at radius 1 is 1.28 bits per heavy atom. The number of halogens is 5. The van der Waals surface area contributed by atoms with Crippen molar-refractivity contribution in [3.63, 3.8) is 0 Å². The van der Waals surface area contributed by atoms with E-state index in [-0.39, 0.29) is 19.0 Å². The second-order valence-corrected chi connectivity index (χ2v) is 4.90. The fourth-order valence-corrected chi connectivity index (χ4v) is 2.03. The zero-order chi connectivity index (χ0) is 13.8. The Morgan fingerprint density at radius 2 is 1.94 bits per heavy atom. The third-order valence-electron chi connectivity index (χ3n) is 2.51. The summed E-state index contributed by atoms with van der Waals surface area (Å²) < 4.78 is 35.9. The fraction of sp³-hybridized carbons (Fsp3) is 0.500. The summed E-state index contributed by atoms with van der Waals surface area (Å²) in [6.45, 7) is 2.12. The highest BCUT2D eigenvalue weighted by atomic mass is 35.5. The molecular formula is C12H14Cl2F3N. The maximum absolute atomic E-state index is 12.0. The molecule has 0 radical (unpaired) electrons. The molecule has 0 amide bonds. The number of nitrogens with one attached hydrogen (secondary N) is 1. The third-order valence-corrected chi connectivity index (χ3v) is 3.09. The first kappa shape index (κ1) is 15.6. The smallest absolute Gasteiger partial charge is 0.310 e. The Labute approximate surface area is 114 Å². The Bertz CT molecular complexity index is 393. The lowest BCUT2D eigenvalue weighted by molar-refractivity contribution is -0.135. The summed E-state index contributed by atoms with van der Waals surface area (Å²) >= 11 is 11.8. The predicted molar refractivity (Wildman–Crippen MR) is 68.2 cm³/mol. The third kappa shape index (κ3) is 5.46. The van der Waals surface area contributed by atoms with Gasteiger partial charge in [0.2, 0.25) is 0 Å². The van der Waals surface area contributed by atoms with Gasteiger partial charge in [-0.3, -0.25) is 0 Å². The molecule has 1 aromatic rings. The molecule has 0 aliphatic heterocycles. The van der Waals surface area contributed by atoms with Gasteiger partial charge in [-0.05, 0) is 43.7 Å². The van der Waals surface area contributed by atoms with E-state index in [4.69, 9.17) is 23.2 Å². The van der Waals surface area contributed by atoms with E-state index < -0.39 is 12.6 Å². The van der Waals surface area contributed by atoms with Gasteiger partial charge < -0.3 is 5.32 Å². The van der Waals surface area contributed by atoms with Crippen LogP contribution in [0.2, 0.25) is 10.0 Å². The van der Waals surface area contributed by atoms with Crippen LogP contribution in [0.15, 0.2) is 18.2 Å². The van der Waals surface area contributed by atoms with Crippen LogP contribution in [0.4, 0.5) is 13.2 Å². The lowest BCUT2D eigenvalue weighted by Crippen LogP contribution is -2.21. The largest absolute Gasteiger partial charge is 0.389 e. The van der Waals surface area contributed by atoms with Gasteiger partial charge in [0, 0.05) is 22.5 Å². The van der Waals surface area contributed by atoms with E-state index in [1.165, 1.54) is 0 Å². The normalized spacial score (nSPS) is 13.7. The van der Waals surface area contributed by atoms with Crippen LogP contribution >= 0.6 is 23.2 Å². The molecule has 1 rings (SSSR count). The molecule has 1 atom stereocenters. The van der Waals surface area contributed by atoms with Gasteiger partial charge in [0.25, 0.3) is 0 Å². The molecule has 0 fully saturated rings. The van der Waals surface area contributed by atoms with E-state index in [1.54, 1.807) is 18.2 Å². The van der Waals surface area contributed by atoms with Gasteiger partial charge in [0.15, 0.2) is 0 Å². The van der Waals surface area contributed by atoms with Crippen molar-refractivity contribution in [1.82, 2.24) is 5.32 Å². The van der Waals surface area contributed by atoms with Gasteiger partial charge in [-0.25, -0.2) is 0 Å². The molecular weight excluding hydrogens is 286 g/mol. The number of alkyl halides is 3. The van der Waals surface area contributed by atoms with Crippen molar-refractivity contribution in [3.05, 3.63) is 33.8 Å². The summed E-state index contributed by atoms with van der Waals surface area (Å²) in [6.07, 6.45) is -4.83. The molecule has 0 heterocycles. The summed E-state index contributed by atoms with van der Waals surface area (Å²) in [5.41, 5.74) is 0.788.